The molecule has 6 heteroatoms. The molecule has 0 aliphatic carbocycles. The Bertz CT molecular complexity index is 637. The fourth-order valence-corrected chi connectivity index (χ4v) is 3.03. The summed E-state index contributed by atoms with van der Waals surface area (Å²) in [6.45, 7) is 7.33. The molecule has 23 heavy (non-hydrogen) atoms. The van der Waals surface area contributed by atoms with Crippen molar-refractivity contribution >= 4 is 5.82 Å². The lowest BCUT2D eigenvalue weighted by Gasteiger charge is -2.24. The van der Waals surface area contributed by atoms with Crippen LogP contribution in [0.25, 0.3) is 11.5 Å². The van der Waals surface area contributed by atoms with E-state index in [9.17, 15) is 0 Å². The summed E-state index contributed by atoms with van der Waals surface area (Å²) in [6, 6.07) is 0. The van der Waals surface area contributed by atoms with Gasteiger partial charge in [0.05, 0.1) is 6.20 Å². The lowest BCUT2D eigenvalue weighted by Crippen LogP contribution is -2.33. The normalized spacial score (nSPS) is 17.9. The average molecular weight is 312 g/mol. The third-order valence-electron chi connectivity index (χ3n) is 4.32. The first kappa shape index (κ1) is 15.8. The van der Waals surface area contributed by atoms with Crippen LogP contribution in [0.3, 0.4) is 0 Å². The number of anilines is 1. The van der Waals surface area contributed by atoms with Crippen LogP contribution in [0.2, 0.25) is 0 Å². The van der Waals surface area contributed by atoms with Gasteiger partial charge in [-0.25, -0.2) is 15.0 Å². The minimum absolute atomic E-state index is 0.636. The van der Waals surface area contributed by atoms with E-state index in [-0.39, 0.29) is 0 Å². The summed E-state index contributed by atoms with van der Waals surface area (Å²) in [5.74, 6) is 2.23. The van der Waals surface area contributed by atoms with Crippen LogP contribution in [-0.2, 0) is 6.42 Å². The number of hydrogen-bond donors (Lipinski definition) is 2. The number of aromatic nitrogens is 4. The van der Waals surface area contributed by atoms with Gasteiger partial charge in [-0.15, -0.1) is 0 Å². The zero-order chi connectivity index (χ0) is 16.1. The van der Waals surface area contributed by atoms with Crippen molar-refractivity contribution in [2.75, 3.05) is 25.0 Å². The maximum atomic E-state index is 4.71. The molecule has 2 aromatic heterocycles. The molecule has 1 unspecified atom stereocenters. The summed E-state index contributed by atoms with van der Waals surface area (Å²) in [4.78, 5) is 17.7. The maximum absolute atomic E-state index is 4.71. The first-order valence-electron chi connectivity index (χ1n) is 8.36. The third kappa shape index (κ3) is 3.82. The number of hydrogen-bond acceptors (Lipinski definition) is 6. The number of piperidine rings is 1. The predicted octanol–water partition coefficient (Wildman–Crippen LogP) is 2.22. The average Bonchev–Trinajstić information content (AvgIpc) is 2.61. The molecule has 0 aromatic carbocycles. The van der Waals surface area contributed by atoms with E-state index in [4.69, 9.17) is 4.98 Å². The lowest BCUT2D eigenvalue weighted by molar-refractivity contribution is 0.392. The van der Waals surface area contributed by atoms with Crippen molar-refractivity contribution < 1.29 is 0 Å². The molecule has 1 atom stereocenters. The molecule has 0 amide bonds. The zero-order valence-corrected chi connectivity index (χ0v) is 13.8. The number of aryl methyl sites for hydroxylation is 1. The Hall–Kier alpha value is -2.08. The van der Waals surface area contributed by atoms with Gasteiger partial charge in [0, 0.05) is 30.2 Å². The van der Waals surface area contributed by atoms with Crippen LogP contribution in [0.4, 0.5) is 5.82 Å². The van der Waals surface area contributed by atoms with Crippen molar-refractivity contribution in [3.8, 4) is 11.5 Å². The van der Waals surface area contributed by atoms with Crippen molar-refractivity contribution in [2.24, 2.45) is 5.92 Å². The Morgan fingerprint density at radius 3 is 2.91 bits per heavy atom. The molecule has 0 bridgehead atoms. The standard InChI is InChI=1S/C17H24N6/c1-3-14-12(2)22-17(15-11-19-7-8-20-15)23-16(14)21-10-13-5-4-6-18-9-13/h7-8,11,13,18H,3-6,9-10H2,1-2H3,(H,21,22,23). The Kier molecular flexibility index (Phi) is 5.12. The summed E-state index contributed by atoms with van der Waals surface area (Å²) in [5.41, 5.74) is 2.90. The molecule has 2 aromatic rings. The molecule has 0 spiro atoms. The molecule has 1 fully saturated rings. The first-order valence-corrected chi connectivity index (χ1v) is 8.36. The van der Waals surface area contributed by atoms with Crippen LogP contribution < -0.4 is 10.6 Å². The van der Waals surface area contributed by atoms with Crippen LogP contribution in [-0.4, -0.2) is 39.6 Å². The highest BCUT2D eigenvalue weighted by atomic mass is 15.1. The summed E-state index contributed by atoms with van der Waals surface area (Å²) in [5, 5.41) is 7.00. The molecule has 122 valence electrons. The molecule has 1 saturated heterocycles. The molecular weight excluding hydrogens is 288 g/mol. The van der Waals surface area contributed by atoms with Gasteiger partial charge in [-0.1, -0.05) is 6.92 Å². The third-order valence-corrected chi connectivity index (χ3v) is 4.32. The van der Waals surface area contributed by atoms with E-state index in [1.165, 1.54) is 18.4 Å². The Labute approximate surface area is 137 Å². The fraction of sp³-hybridized carbons (Fsp3) is 0.529. The largest absolute Gasteiger partial charge is 0.369 e. The van der Waals surface area contributed by atoms with Crippen molar-refractivity contribution in [3.63, 3.8) is 0 Å². The van der Waals surface area contributed by atoms with Gasteiger partial charge in [-0.2, -0.15) is 0 Å². The quantitative estimate of drug-likeness (QED) is 0.881. The van der Waals surface area contributed by atoms with Crippen molar-refractivity contribution in [2.45, 2.75) is 33.1 Å². The predicted molar refractivity (Wildman–Crippen MR) is 91.3 cm³/mol. The molecule has 1 aliphatic rings. The second kappa shape index (κ2) is 7.46. The molecule has 2 N–H and O–H groups in total. The van der Waals surface area contributed by atoms with Gasteiger partial charge < -0.3 is 10.6 Å². The van der Waals surface area contributed by atoms with Crippen molar-refractivity contribution in [3.05, 3.63) is 29.8 Å². The molecule has 0 saturated carbocycles. The van der Waals surface area contributed by atoms with Gasteiger partial charge in [0.25, 0.3) is 0 Å². The Balaban J connectivity index is 1.83. The van der Waals surface area contributed by atoms with Crippen LogP contribution >= 0.6 is 0 Å². The first-order chi connectivity index (χ1) is 11.3. The molecule has 0 radical (unpaired) electrons. The topological polar surface area (TPSA) is 75.6 Å². The van der Waals surface area contributed by atoms with Gasteiger partial charge in [0.2, 0.25) is 0 Å². The number of nitrogens with zero attached hydrogens (tertiary/aromatic N) is 4. The minimum Gasteiger partial charge on any atom is -0.369 e. The maximum Gasteiger partial charge on any atom is 0.182 e. The van der Waals surface area contributed by atoms with Crippen molar-refractivity contribution in [1.29, 1.82) is 0 Å². The van der Waals surface area contributed by atoms with E-state index in [0.29, 0.717) is 17.4 Å². The molecule has 3 heterocycles. The summed E-state index contributed by atoms with van der Waals surface area (Å²) < 4.78 is 0. The monoisotopic (exact) mass is 312 g/mol. The minimum atomic E-state index is 0.636. The van der Waals surface area contributed by atoms with E-state index in [1.807, 2.05) is 6.92 Å². The van der Waals surface area contributed by atoms with Crippen LogP contribution in [0.5, 0.6) is 0 Å². The highest BCUT2D eigenvalue weighted by molar-refractivity contribution is 5.55. The zero-order valence-electron chi connectivity index (χ0n) is 13.8. The van der Waals surface area contributed by atoms with E-state index in [0.717, 1.165) is 37.6 Å². The number of nitrogens with one attached hydrogen (secondary N) is 2. The second-order valence-corrected chi connectivity index (χ2v) is 6.00. The highest BCUT2D eigenvalue weighted by Gasteiger charge is 2.16. The molecule has 1 aliphatic heterocycles. The molecule has 6 nitrogen and oxygen atoms in total. The lowest BCUT2D eigenvalue weighted by atomic mass is 9.99. The Morgan fingerprint density at radius 1 is 1.30 bits per heavy atom. The fourth-order valence-electron chi connectivity index (χ4n) is 3.03. The smallest absolute Gasteiger partial charge is 0.182 e. The number of rotatable bonds is 5. The van der Waals surface area contributed by atoms with Gasteiger partial charge in [-0.3, -0.25) is 4.98 Å². The Morgan fingerprint density at radius 2 is 2.22 bits per heavy atom. The summed E-state index contributed by atoms with van der Waals surface area (Å²) in [6.07, 6.45) is 8.46. The second-order valence-electron chi connectivity index (χ2n) is 6.00. The molecular formula is C17H24N6. The van der Waals surface area contributed by atoms with Crippen LogP contribution in [0, 0.1) is 12.8 Å². The summed E-state index contributed by atoms with van der Waals surface area (Å²) >= 11 is 0. The molecule has 3 rings (SSSR count). The van der Waals surface area contributed by atoms with Gasteiger partial charge in [0.15, 0.2) is 5.82 Å². The van der Waals surface area contributed by atoms with E-state index >= 15 is 0 Å². The van der Waals surface area contributed by atoms with Gasteiger partial charge in [-0.05, 0) is 45.2 Å². The SMILES string of the molecule is CCc1c(C)nc(-c2cnccn2)nc1NCC1CCCNC1. The van der Waals surface area contributed by atoms with E-state index < -0.39 is 0 Å². The van der Waals surface area contributed by atoms with Crippen LogP contribution in [0.1, 0.15) is 31.0 Å². The summed E-state index contributed by atoms with van der Waals surface area (Å²) in [7, 11) is 0. The highest BCUT2D eigenvalue weighted by Crippen LogP contribution is 2.22. The van der Waals surface area contributed by atoms with Crippen LogP contribution in [0.15, 0.2) is 18.6 Å². The van der Waals surface area contributed by atoms with Gasteiger partial charge in [0.1, 0.15) is 11.5 Å². The van der Waals surface area contributed by atoms with E-state index in [2.05, 4.69) is 32.5 Å². The van der Waals surface area contributed by atoms with E-state index in [1.54, 1.807) is 18.6 Å². The van der Waals surface area contributed by atoms with Crippen molar-refractivity contribution in [1.82, 2.24) is 25.3 Å². The van der Waals surface area contributed by atoms with Gasteiger partial charge >= 0.3 is 0 Å².